The SMILES string of the molecule is NCCOc1ccc(F)cc1C(=O)N1C[C@H]2C[C@@H](Oc3ccc(F)cc3)[C@H](O)C[C@H]2C1. The van der Waals surface area contributed by atoms with E-state index < -0.39 is 18.0 Å². The molecule has 1 aliphatic carbocycles. The summed E-state index contributed by atoms with van der Waals surface area (Å²) in [5.74, 6) is -0.0716. The highest BCUT2D eigenvalue weighted by Gasteiger charge is 2.44. The number of hydrogen-bond donors (Lipinski definition) is 2. The molecular formula is C23H26F2N2O4. The van der Waals surface area contributed by atoms with Gasteiger partial charge < -0.3 is 25.2 Å². The molecule has 8 heteroatoms. The monoisotopic (exact) mass is 432 g/mol. The molecule has 0 unspecified atom stereocenters. The predicted octanol–water partition coefficient (Wildman–Crippen LogP) is 2.59. The van der Waals surface area contributed by atoms with Crippen molar-refractivity contribution in [2.45, 2.75) is 25.0 Å². The highest BCUT2D eigenvalue weighted by Crippen LogP contribution is 2.39. The average molecular weight is 432 g/mol. The van der Waals surface area contributed by atoms with Crippen LogP contribution in [-0.4, -0.2) is 54.4 Å². The Labute approximate surface area is 179 Å². The molecule has 0 bridgehead atoms. The first-order valence-corrected chi connectivity index (χ1v) is 10.5. The van der Waals surface area contributed by atoms with Crippen molar-refractivity contribution in [1.29, 1.82) is 0 Å². The molecule has 31 heavy (non-hydrogen) atoms. The molecule has 166 valence electrons. The van der Waals surface area contributed by atoms with Crippen molar-refractivity contribution in [2.75, 3.05) is 26.2 Å². The van der Waals surface area contributed by atoms with Crippen LogP contribution in [0, 0.1) is 23.5 Å². The van der Waals surface area contributed by atoms with Crippen LogP contribution >= 0.6 is 0 Å². The van der Waals surface area contributed by atoms with Crippen LogP contribution in [0.5, 0.6) is 11.5 Å². The molecule has 2 fully saturated rings. The number of rotatable bonds is 6. The molecule has 1 saturated carbocycles. The van der Waals surface area contributed by atoms with E-state index in [0.29, 0.717) is 37.4 Å². The second kappa shape index (κ2) is 9.20. The third-order valence-electron chi connectivity index (χ3n) is 6.02. The lowest BCUT2D eigenvalue weighted by molar-refractivity contribution is -0.0231. The molecule has 1 aliphatic heterocycles. The maximum atomic E-state index is 13.8. The standard InChI is InChI=1S/C23H26F2N2O4/c24-16-1-4-18(5-2-16)31-22-10-15-13-27(12-14(15)9-20(22)28)23(29)19-11-17(25)3-6-21(19)30-8-7-26/h1-6,11,14-15,20,22,28H,7-10,12-13,26H2/t14-,15+,20+,22+/m0/s1. The molecule has 0 aromatic heterocycles. The molecule has 1 heterocycles. The Kier molecular flexibility index (Phi) is 6.38. The number of ether oxygens (including phenoxy) is 2. The van der Waals surface area contributed by atoms with Gasteiger partial charge in [0, 0.05) is 19.6 Å². The lowest BCUT2D eigenvalue weighted by atomic mass is 9.78. The van der Waals surface area contributed by atoms with Gasteiger partial charge in [-0.3, -0.25) is 4.79 Å². The maximum Gasteiger partial charge on any atom is 0.257 e. The second-order valence-electron chi connectivity index (χ2n) is 8.16. The van der Waals surface area contributed by atoms with E-state index in [1.807, 2.05) is 0 Å². The van der Waals surface area contributed by atoms with Gasteiger partial charge in [-0.05, 0) is 67.1 Å². The molecular weight excluding hydrogens is 406 g/mol. The van der Waals surface area contributed by atoms with Crippen molar-refractivity contribution in [3.63, 3.8) is 0 Å². The van der Waals surface area contributed by atoms with Crippen molar-refractivity contribution in [2.24, 2.45) is 17.6 Å². The highest BCUT2D eigenvalue weighted by atomic mass is 19.1. The van der Waals surface area contributed by atoms with E-state index in [4.69, 9.17) is 15.2 Å². The molecule has 1 amide bonds. The van der Waals surface area contributed by atoms with E-state index >= 15 is 0 Å². The van der Waals surface area contributed by atoms with Gasteiger partial charge in [-0.2, -0.15) is 0 Å². The van der Waals surface area contributed by atoms with Crippen LogP contribution in [0.1, 0.15) is 23.2 Å². The molecule has 3 N–H and O–H groups in total. The number of halogens is 2. The number of carbonyl (C=O) groups excluding carboxylic acids is 1. The number of likely N-dealkylation sites (tertiary alicyclic amines) is 1. The maximum absolute atomic E-state index is 13.8. The molecule has 0 radical (unpaired) electrons. The fraction of sp³-hybridized carbons (Fsp3) is 0.435. The lowest BCUT2D eigenvalue weighted by Crippen LogP contribution is -2.42. The predicted molar refractivity (Wildman–Crippen MR) is 110 cm³/mol. The van der Waals surface area contributed by atoms with Gasteiger partial charge in [0.05, 0.1) is 11.7 Å². The molecule has 1 saturated heterocycles. The number of nitrogens with two attached hydrogens (primary N) is 1. The zero-order valence-electron chi connectivity index (χ0n) is 17.0. The summed E-state index contributed by atoms with van der Waals surface area (Å²) in [5, 5.41) is 10.6. The summed E-state index contributed by atoms with van der Waals surface area (Å²) < 4.78 is 38.4. The smallest absolute Gasteiger partial charge is 0.257 e. The summed E-state index contributed by atoms with van der Waals surface area (Å²) in [6, 6.07) is 9.57. The van der Waals surface area contributed by atoms with E-state index in [1.165, 1.54) is 42.5 Å². The normalized spacial score (nSPS) is 25.2. The van der Waals surface area contributed by atoms with Crippen LogP contribution in [0.4, 0.5) is 8.78 Å². The fourth-order valence-electron chi connectivity index (χ4n) is 4.51. The largest absolute Gasteiger partial charge is 0.491 e. The summed E-state index contributed by atoms with van der Waals surface area (Å²) >= 11 is 0. The van der Waals surface area contributed by atoms with Crippen molar-refractivity contribution in [1.82, 2.24) is 4.90 Å². The topological polar surface area (TPSA) is 85.0 Å². The van der Waals surface area contributed by atoms with Gasteiger partial charge in [-0.1, -0.05) is 0 Å². The molecule has 2 aliphatic rings. The summed E-state index contributed by atoms with van der Waals surface area (Å²) in [5.41, 5.74) is 5.65. The van der Waals surface area contributed by atoms with E-state index in [-0.39, 0.29) is 42.3 Å². The van der Waals surface area contributed by atoms with E-state index in [1.54, 1.807) is 4.90 Å². The first-order valence-electron chi connectivity index (χ1n) is 10.5. The molecule has 6 nitrogen and oxygen atoms in total. The van der Waals surface area contributed by atoms with Gasteiger partial charge in [0.1, 0.15) is 35.8 Å². The minimum Gasteiger partial charge on any atom is -0.491 e. The van der Waals surface area contributed by atoms with Crippen LogP contribution in [0.25, 0.3) is 0 Å². The first kappa shape index (κ1) is 21.5. The molecule has 4 rings (SSSR count). The number of carbonyl (C=O) groups is 1. The molecule has 0 spiro atoms. The summed E-state index contributed by atoms with van der Waals surface area (Å²) in [6.07, 6.45) is -0.0366. The minimum absolute atomic E-state index is 0.133. The van der Waals surface area contributed by atoms with Crippen LogP contribution in [0.2, 0.25) is 0 Å². The summed E-state index contributed by atoms with van der Waals surface area (Å²) in [6.45, 7) is 1.49. The third-order valence-corrected chi connectivity index (χ3v) is 6.02. The number of nitrogens with zero attached hydrogens (tertiary/aromatic N) is 1. The number of fused-ring (bicyclic) bond motifs is 1. The molecule has 4 atom stereocenters. The first-order chi connectivity index (χ1) is 14.9. The Morgan fingerprint density at radius 2 is 1.74 bits per heavy atom. The molecule has 2 aromatic rings. The average Bonchev–Trinajstić information content (AvgIpc) is 3.16. The number of hydrogen-bond acceptors (Lipinski definition) is 5. The van der Waals surface area contributed by atoms with Crippen LogP contribution in [-0.2, 0) is 0 Å². The van der Waals surface area contributed by atoms with Crippen LogP contribution < -0.4 is 15.2 Å². The van der Waals surface area contributed by atoms with Crippen molar-refractivity contribution >= 4 is 5.91 Å². The summed E-state index contributed by atoms with van der Waals surface area (Å²) in [7, 11) is 0. The van der Waals surface area contributed by atoms with E-state index in [2.05, 4.69) is 0 Å². The Morgan fingerprint density at radius 1 is 1.06 bits per heavy atom. The summed E-state index contributed by atoms with van der Waals surface area (Å²) in [4.78, 5) is 14.8. The highest BCUT2D eigenvalue weighted by molar-refractivity contribution is 5.97. The Morgan fingerprint density at radius 3 is 2.45 bits per heavy atom. The van der Waals surface area contributed by atoms with Crippen molar-refractivity contribution in [3.8, 4) is 11.5 Å². The zero-order chi connectivity index (χ0) is 22.0. The Balaban J connectivity index is 1.44. The van der Waals surface area contributed by atoms with Gasteiger partial charge >= 0.3 is 0 Å². The van der Waals surface area contributed by atoms with Crippen molar-refractivity contribution in [3.05, 3.63) is 59.7 Å². The number of benzene rings is 2. The van der Waals surface area contributed by atoms with Crippen molar-refractivity contribution < 1.29 is 28.2 Å². The van der Waals surface area contributed by atoms with Crippen LogP contribution in [0.3, 0.4) is 0 Å². The molecule has 2 aromatic carbocycles. The van der Waals surface area contributed by atoms with Gasteiger partial charge in [0.2, 0.25) is 0 Å². The van der Waals surface area contributed by atoms with E-state index in [0.717, 1.165) is 0 Å². The van der Waals surface area contributed by atoms with E-state index in [9.17, 15) is 18.7 Å². The third kappa shape index (κ3) is 4.80. The zero-order valence-corrected chi connectivity index (χ0v) is 17.0. The quantitative estimate of drug-likeness (QED) is 0.733. The minimum atomic E-state index is -0.682. The number of amides is 1. The second-order valence-corrected chi connectivity index (χ2v) is 8.16. The Hall–Kier alpha value is -2.71. The lowest BCUT2D eigenvalue weighted by Gasteiger charge is -2.35. The van der Waals surface area contributed by atoms with Gasteiger partial charge in [-0.25, -0.2) is 8.78 Å². The van der Waals surface area contributed by atoms with Gasteiger partial charge in [0.15, 0.2) is 0 Å². The number of aliphatic hydroxyl groups excluding tert-OH is 1. The Bertz CT molecular complexity index is 924. The number of aliphatic hydroxyl groups is 1. The van der Waals surface area contributed by atoms with Gasteiger partial charge in [0.25, 0.3) is 5.91 Å². The van der Waals surface area contributed by atoms with Crippen LogP contribution in [0.15, 0.2) is 42.5 Å². The fourth-order valence-corrected chi connectivity index (χ4v) is 4.51. The van der Waals surface area contributed by atoms with Gasteiger partial charge in [-0.15, -0.1) is 0 Å².